The van der Waals surface area contributed by atoms with Gasteiger partial charge >= 0.3 is 12.1 Å². The fourth-order valence-corrected chi connectivity index (χ4v) is 9.36. The standard InChI is InChI=1S/C39H59ClN4O7Si2/c1-10-41-38(45)49-28-17-15-26(16-18-28)25-11-13-27(14-12-25)33-29(40)21-30-36(43-33)44(24-46-19-20-52(5,6)7)37(42-30)50-31-22-47-35-32(23-48-34(31)35)51-53(8,9)39(2,3)4/h11-14,21,26,28,31-32,34-35H,10,15-20,22-24H2,1-9H3,(H,41,45). The van der Waals surface area contributed by atoms with E-state index in [2.05, 4.69) is 83.1 Å². The summed E-state index contributed by atoms with van der Waals surface area (Å²) in [5, 5.41) is 3.32. The Hall–Kier alpha value is -2.53. The summed E-state index contributed by atoms with van der Waals surface area (Å²) in [4.78, 5) is 21.9. The predicted octanol–water partition coefficient (Wildman–Crippen LogP) is 8.77. The molecule has 6 rings (SSSR count). The highest BCUT2D eigenvalue weighted by Gasteiger charge is 2.52. The summed E-state index contributed by atoms with van der Waals surface area (Å²) in [6, 6.07) is 11.8. The number of ether oxygens (including phenoxy) is 5. The number of halogens is 1. The number of rotatable bonds is 13. The fourth-order valence-electron chi connectivity index (χ4n) is 7.03. The average Bonchev–Trinajstić information content (AvgIpc) is 3.77. The number of alkyl carbamates (subject to hydrolysis) is 1. The van der Waals surface area contributed by atoms with Crippen molar-refractivity contribution >= 4 is 45.2 Å². The number of nitrogens with one attached hydrogen (secondary N) is 1. The van der Waals surface area contributed by atoms with E-state index >= 15 is 0 Å². The van der Waals surface area contributed by atoms with Crippen molar-refractivity contribution in [1.29, 1.82) is 0 Å². The third kappa shape index (κ3) is 9.48. The van der Waals surface area contributed by atoms with Gasteiger partial charge in [0.25, 0.3) is 0 Å². The monoisotopic (exact) mass is 786 g/mol. The molecule has 1 saturated carbocycles. The molecule has 2 aliphatic heterocycles. The number of carbonyl (C=O) groups is 1. The number of carbonyl (C=O) groups excluding carboxylic acids is 1. The lowest BCUT2D eigenvalue weighted by molar-refractivity contribution is 0.00687. The molecule has 292 valence electrons. The van der Waals surface area contributed by atoms with E-state index in [9.17, 15) is 4.79 Å². The Morgan fingerprint density at radius 3 is 2.28 bits per heavy atom. The lowest BCUT2D eigenvalue weighted by atomic mass is 9.82. The summed E-state index contributed by atoms with van der Waals surface area (Å²) in [7, 11) is -3.32. The fraction of sp³-hybridized carbons (Fsp3) is 0.667. The van der Waals surface area contributed by atoms with Crippen molar-refractivity contribution in [3.05, 3.63) is 40.9 Å². The van der Waals surface area contributed by atoms with Crippen LogP contribution >= 0.6 is 11.6 Å². The van der Waals surface area contributed by atoms with Crippen molar-refractivity contribution < 1.29 is 32.9 Å². The molecule has 1 amide bonds. The van der Waals surface area contributed by atoms with Crippen LogP contribution in [0.2, 0.25) is 48.8 Å². The van der Waals surface area contributed by atoms with Gasteiger partial charge in [0, 0.05) is 26.8 Å². The van der Waals surface area contributed by atoms with Crippen LogP contribution in [0, 0.1) is 0 Å². The number of hydrogen-bond acceptors (Lipinski definition) is 9. The van der Waals surface area contributed by atoms with Crippen LogP contribution in [0.5, 0.6) is 6.01 Å². The van der Waals surface area contributed by atoms with Crippen molar-refractivity contribution in [2.45, 2.75) is 140 Å². The topological polar surface area (TPSA) is 115 Å². The molecule has 0 spiro atoms. The Bertz CT molecular complexity index is 1720. The van der Waals surface area contributed by atoms with Crippen LogP contribution < -0.4 is 10.1 Å². The Morgan fingerprint density at radius 1 is 0.981 bits per heavy atom. The smallest absolute Gasteiger partial charge is 0.407 e. The summed E-state index contributed by atoms with van der Waals surface area (Å²) in [5.41, 5.74) is 4.13. The summed E-state index contributed by atoms with van der Waals surface area (Å²) >= 11 is 6.91. The predicted molar refractivity (Wildman–Crippen MR) is 213 cm³/mol. The molecule has 53 heavy (non-hydrogen) atoms. The lowest BCUT2D eigenvalue weighted by Crippen LogP contribution is -2.47. The number of benzene rings is 1. The SMILES string of the molecule is CCNC(=O)OC1CCC(c2ccc(-c3nc4c(cc3Cl)nc(OC3COC5C(O[Si](C)(C)C(C)(C)C)COC35)n4COCC[Si](C)(C)C)cc2)CC1. The lowest BCUT2D eigenvalue weighted by Gasteiger charge is -2.39. The van der Waals surface area contributed by atoms with Gasteiger partial charge in [-0.2, -0.15) is 4.98 Å². The van der Waals surface area contributed by atoms with Crippen LogP contribution in [-0.2, 0) is 30.1 Å². The summed E-state index contributed by atoms with van der Waals surface area (Å²) in [5.74, 6) is 0.412. The molecule has 1 N–H and O–H groups in total. The zero-order valence-electron chi connectivity index (χ0n) is 33.0. The second-order valence-corrected chi connectivity index (χ2v) is 28.3. The molecule has 14 heteroatoms. The van der Waals surface area contributed by atoms with E-state index in [1.807, 2.05) is 17.6 Å². The quantitative estimate of drug-likeness (QED) is 0.134. The molecular formula is C39H59ClN4O7Si2. The molecule has 4 atom stereocenters. The first-order chi connectivity index (χ1) is 25.0. The zero-order valence-corrected chi connectivity index (χ0v) is 35.8. The van der Waals surface area contributed by atoms with E-state index in [0.29, 0.717) is 60.2 Å². The molecule has 2 saturated heterocycles. The number of nitrogens with zero attached hydrogens (tertiary/aromatic N) is 3. The van der Waals surface area contributed by atoms with Gasteiger partial charge in [0.15, 0.2) is 20.1 Å². The Balaban J connectivity index is 1.20. The maximum Gasteiger partial charge on any atom is 0.407 e. The van der Waals surface area contributed by atoms with Crippen LogP contribution in [0.4, 0.5) is 4.79 Å². The number of aromatic nitrogens is 3. The molecular weight excluding hydrogens is 728 g/mol. The van der Waals surface area contributed by atoms with Gasteiger partial charge in [0.05, 0.1) is 30.0 Å². The van der Waals surface area contributed by atoms with Gasteiger partial charge < -0.3 is 33.4 Å². The largest absolute Gasteiger partial charge is 0.456 e. The van der Waals surface area contributed by atoms with Gasteiger partial charge in [0.1, 0.15) is 30.6 Å². The third-order valence-electron chi connectivity index (χ3n) is 11.3. The summed E-state index contributed by atoms with van der Waals surface area (Å²) in [6.45, 7) is 22.5. The van der Waals surface area contributed by atoms with Gasteiger partial charge in [-0.1, -0.05) is 76.3 Å². The molecule has 3 aliphatic rings. The maximum atomic E-state index is 11.9. The van der Waals surface area contributed by atoms with Crippen molar-refractivity contribution in [1.82, 2.24) is 19.9 Å². The van der Waals surface area contributed by atoms with Crippen LogP contribution in [0.3, 0.4) is 0 Å². The van der Waals surface area contributed by atoms with Crippen molar-refractivity contribution in [3.63, 3.8) is 0 Å². The van der Waals surface area contributed by atoms with Crippen molar-refractivity contribution in [2.75, 3.05) is 26.4 Å². The molecule has 2 aromatic heterocycles. The summed E-state index contributed by atoms with van der Waals surface area (Å²) < 4.78 is 39.7. The molecule has 0 radical (unpaired) electrons. The van der Waals surface area contributed by atoms with Gasteiger partial charge in [-0.25, -0.2) is 9.78 Å². The first kappa shape index (κ1) is 40.1. The van der Waals surface area contributed by atoms with Gasteiger partial charge in [0.2, 0.25) is 0 Å². The van der Waals surface area contributed by atoms with Gasteiger partial charge in [-0.05, 0) is 74.3 Å². The van der Waals surface area contributed by atoms with Crippen LogP contribution in [0.15, 0.2) is 30.3 Å². The molecule has 3 aromatic rings. The Morgan fingerprint density at radius 2 is 1.64 bits per heavy atom. The number of imidazole rings is 1. The maximum absolute atomic E-state index is 11.9. The van der Waals surface area contributed by atoms with E-state index in [1.165, 1.54) is 5.56 Å². The molecule has 4 unspecified atom stereocenters. The third-order valence-corrected chi connectivity index (χ3v) is 17.7. The Labute approximate surface area is 321 Å². The highest BCUT2D eigenvalue weighted by Crippen LogP contribution is 2.41. The van der Waals surface area contributed by atoms with Crippen molar-refractivity contribution in [2.24, 2.45) is 0 Å². The highest BCUT2D eigenvalue weighted by atomic mass is 35.5. The highest BCUT2D eigenvalue weighted by molar-refractivity contribution is 6.76. The minimum atomic E-state index is -2.02. The minimum absolute atomic E-state index is 0.0309. The normalized spacial score (nSPS) is 25.1. The number of pyridine rings is 1. The van der Waals surface area contributed by atoms with Crippen LogP contribution in [0.25, 0.3) is 22.4 Å². The van der Waals surface area contributed by atoms with Crippen molar-refractivity contribution in [3.8, 4) is 17.3 Å². The van der Waals surface area contributed by atoms with Gasteiger partial charge in [-0.3, -0.25) is 4.57 Å². The van der Waals surface area contributed by atoms with E-state index < -0.39 is 16.4 Å². The van der Waals surface area contributed by atoms with E-state index in [0.717, 1.165) is 37.3 Å². The van der Waals surface area contributed by atoms with Gasteiger partial charge in [-0.15, -0.1) is 0 Å². The second kappa shape index (κ2) is 16.3. The molecule has 0 bridgehead atoms. The molecule has 1 aromatic carbocycles. The number of amides is 1. The number of fused-ring (bicyclic) bond motifs is 2. The van der Waals surface area contributed by atoms with Crippen LogP contribution in [-0.4, -0.2) is 93.9 Å². The number of hydrogen-bond donors (Lipinski definition) is 1. The van der Waals surface area contributed by atoms with E-state index in [1.54, 1.807) is 0 Å². The average molecular weight is 788 g/mol. The van der Waals surface area contributed by atoms with Crippen LogP contribution in [0.1, 0.15) is 64.9 Å². The Kier molecular flexibility index (Phi) is 12.3. The molecule has 3 fully saturated rings. The van der Waals surface area contributed by atoms with E-state index in [4.69, 9.17) is 49.7 Å². The minimum Gasteiger partial charge on any atom is -0.456 e. The zero-order chi connectivity index (χ0) is 38.1. The summed E-state index contributed by atoms with van der Waals surface area (Å²) in [6.07, 6.45) is 2.34. The molecule has 1 aliphatic carbocycles. The molecule has 11 nitrogen and oxygen atoms in total. The molecule has 4 heterocycles. The first-order valence-corrected chi connectivity index (χ1v) is 26.3. The first-order valence-electron chi connectivity index (χ1n) is 19.3. The second-order valence-electron chi connectivity index (χ2n) is 17.5. The van der Waals surface area contributed by atoms with E-state index in [-0.39, 0.29) is 48.4 Å².